The Hall–Kier alpha value is -0.710. The molecular formula is C12H19ClN2OS. The van der Waals surface area contributed by atoms with Crippen molar-refractivity contribution in [3.8, 4) is 0 Å². The molecule has 0 spiro atoms. The number of carbonyl (C=O) groups excluding carboxylic acids is 1. The SMILES string of the molecule is CSc1cccc(NC(=O)[C@H](N)C(C)C)c1.Cl. The molecule has 3 N–H and O–H groups in total. The van der Waals surface area contributed by atoms with Crippen LogP contribution in [0.5, 0.6) is 0 Å². The van der Waals surface area contributed by atoms with Crippen molar-refractivity contribution < 1.29 is 4.79 Å². The normalized spacial score (nSPS) is 11.8. The van der Waals surface area contributed by atoms with E-state index in [1.54, 1.807) is 11.8 Å². The van der Waals surface area contributed by atoms with Crippen LogP contribution in [0.25, 0.3) is 0 Å². The number of hydrogen-bond donors (Lipinski definition) is 2. The quantitative estimate of drug-likeness (QED) is 0.830. The molecule has 3 nitrogen and oxygen atoms in total. The second-order valence-corrected chi connectivity index (χ2v) is 4.87. The summed E-state index contributed by atoms with van der Waals surface area (Å²) in [5.41, 5.74) is 6.56. The van der Waals surface area contributed by atoms with Crippen molar-refractivity contribution in [3.05, 3.63) is 24.3 Å². The zero-order valence-corrected chi connectivity index (χ0v) is 11.9. The van der Waals surface area contributed by atoms with E-state index in [0.717, 1.165) is 10.6 Å². The Morgan fingerprint density at radius 2 is 2.06 bits per heavy atom. The summed E-state index contributed by atoms with van der Waals surface area (Å²) in [5.74, 6) is 0.0111. The molecule has 1 amide bonds. The number of amides is 1. The first kappa shape index (κ1) is 16.3. The van der Waals surface area contributed by atoms with E-state index in [1.807, 2.05) is 44.4 Å². The van der Waals surface area contributed by atoms with Crippen LogP contribution in [0, 0.1) is 5.92 Å². The molecule has 17 heavy (non-hydrogen) atoms. The number of anilines is 1. The first-order chi connectivity index (χ1) is 7.54. The third kappa shape index (κ3) is 4.98. The molecule has 0 aliphatic carbocycles. The highest BCUT2D eigenvalue weighted by Crippen LogP contribution is 2.19. The lowest BCUT2D eigenvalue weighted by Crippen LogP contribution is -2.39. The third-order valence-corrected chi connectivity index (χ3v) is 3.08. The number of rotatable bonds is 4. The highest BCUT2D eigenvalue weighted by molar-refractivity contribution is 7.98. The van der Waals surface area contributed by atoms with Crippen LogP contribution in [-0.2, 0) is 4.79 Å². The average molecular weight is 275 g/mol. The Morgan fingerprint density at radius 3 is 2.59 bits per heavy atom. The fourth-order valence-corrected chi connectivity index (χ4v) is 1.69. The zero-order chi connectivity index (χ0) is 12.1. The third-order valence-electron chi connectivity index (χ3n) is 2.36. The Labute approximate surface area is 113 Å². The number of nitrogens with two attached hydrogens (primary N) is 1. The van der Waals surface area contributed by atoms with Gasteiger partial charge in [0.15, 0.2) is 0 Å². The van der Waals surface area contributed by atoms with Crippen LogP contribution in [0.15, 0.2) is 29.2 Å². The van der Waals surface area contributed by atoms with Gasteiger partial charge in [-0.1, -0.05) is 19.9 Å². The Morgan fingerprint density at radius 1 is 1.41 bits per heavy atom. The zero-order valence-electron chi connectivity index (χ0n) is 10.3. The lowest BCUT2D eigenvalue weighted by atomic mass is 10.1. The summed E-state index contributed by atoms with van der Waals surface area (Å²) in [6.45, 7) is 3.87. The second-order valence-electron chi connectivity index (χ2n) is 3.99. The fourth-order valence-electron chi connectivity index (χ4n) is 1.23. The predicted octanol–water partition coefficient (Wildman–Crippen LogP) is 2.75. The van der Waals surface area contributed by atoms with Gasteiger partial charge >= 0.3 is 0 Å². The molecule has 1 atom stereocenters. The van der Waals surface area contributed by atoms with Gasteiger partial charge in [-0.3, -0.25) is 4.79 Å². The Kier molecular flexibility index (Phi) is 7.27. The molecule has 0 bridgehead atoms. The van der Waals surface area contributed by atoms with Gasteiger partial charge in [-0.2, -0.15) is 0 Å². The van der Waals surface area contributed by atoms with Gasteiger partial charge in [0.25, 0.3) is 0 Å². The fraction of sp³-hybridized carbons (Fsp3) is 0.417. The van der Waals surface area contributed by atoms with Crippen molar-refractivity contribution >= 4 is 35.8 Å². The van der Waals surface area contributed by atoms with Gasteiger partial charge < -0.3 is 11.1 Å². The standard InChI is InChI=1S/C12H18N2OS.ClH/c1-8(2)11(13)12(15)14-9-5-4-6-10(7-9)16-3;/h4-8,11H,13H2,1-3H3,(H,14,15);1H/t11-;/m1./s1. The van der Waals surface area contributed by atoms with Gasteiger partial charge in [-0.05, 0) is 30.4 Å². The van der Waals surface area contributed by atoms with Crippen molar-refractivity contribution in [1.29, 1.82) is 0 Å². The van der Waals surface area contributed by atoms with Crippen LogP contribution in [0.3, 0.4) is 0 Å². The lowest BCUT2D eigenvalue weighted by Gasteiger charge is -2.15. The maximum Gasteiger partial charge on any atom is 0.241 e. The van der Waals surface area contributed by atoms with E-state index in [2.05, 4.69) is 5.32 Å². The average Bonchev–Trinajstić information content (AvgIpc) is 2.28. The molecule has 0 saturated carbocycles. The number of carbonyl (C=O) groups is 1. The second kappa shape index (κ2) is 7.58. The van der Waals surface area contributed by atoms with Crippen molar-refractivity contribution in [2.75, 3.05) is 11.6 Å². The first-order valence-electron chi connectivity index (χ1n) is 5.25. The highest BCUT2D eigenvalue weighted by Gasteiger charge is 2.16. The molecule has 0 aliphatic rings. The number of benzene rings is 1. The predicted molar refractivity (Wildman–Crippen MR) is 76.9 cm³/mol. The Balaban J connectivity index is 0.00000256. The van der Waals surface area contributed by atoms with Crippen molar-refractivity contribution in [3.63, 3.8) is 0 Å². The van der Waals surface area contributed by atoms with Gasteiger partial charge in [-0.15, -0.1) is 24.2 Å². The van der Waals surface area contributed by atoms with E-state index in [-0.39, 0.29) is 24.2 Å². The smallest absolute Gasteiger partial charge is 0.241 e. The van der Waals surface area contributed by atoms with E-state index in [4.69, 9.17) is 5.73 Å². The highest BCUT2D eigenvalue weighted by atomic mass is 35.5. The first-order valence-corrected chi connectivity index (χ1v) is 6.47. The summed E-state index contributed by atoms with van der Waals surface area (Å²) in [6.07, 6.45) is 2.00. The van der Waals surface area contributed by atoms with E-state index >= 15 is 0 Å². The van der Waals surface area contributed by atoms with Crippen molar-refractivity contribution in [1.82, 2.24) is 0 Å². The molecule has 1 aromatic carbocycles. The minimum atomic E-state index is -0.460. The number of halogens is 1. The van der Waals surface area contributed by atoms with E-state index in [1.165, 1.54) is 0 Å². The van der Waals surface area contributed by atoms with Crippen LogP contribution in [0.1, 0.15) is 13.8 Å². The van der Waals surface area contributed by atoms with Crippen molar-refractivity contribution in [2.45, 2.75) is 24.8 Å². The summed E-state index contributed by atoms with van der Waals surface area (Å²) in [5, 5.41) is 2.82. The van der Waals surface area contributed by atoms with Gasteiger partial charge in [0.1, 0.15) is 0 Å². The molecule has 5 heteroatoms. The monoisotopic (exact) mass is 274 g/mol. The maximum absolute atomic E-state index is 11.7. The molecule has 0 fully saturated rings. The van der Waals surface area contributed by atoms with Crippen LogP contribution < -0.4 is 11.1 Å². The molecule has 0 radical (unpaired) electrons. The molecule has 1 aromatic rings. The largest absolute Gasteiger partial charge is 0.325 e. The molecule has 1 rings (SSSR count). The summed E-state index contributed by atoms with van der Waals surface area (Å²) >= 11 is 1.64. The van der Waals surface area contributed by atoms with Gasteiger partial charge in [0.2, 0.25) is 5.91 Å². The summed E-state index contributed by atoms with van der Waals surface area (Å²) < 4.78 is 0. The molecule has 0 aromatic heterocycles. The summed E-state index contributed by atoms with van der Waals surface area (Å²) in [4.78, 5) is 12.8. The number of hydrogen-bond acceptors (Lipinski definition) is 3. The van der Waals surface area contributed by atoms with E-state index < -0.39 is 6.04 Å². The Bertz CT molecular complexity index is 371. The molecule has 0 saturated heterocycles. The summed E-state index contributed by atoms with van der Waals surface area (Å²) in [6, 6.07) is 7.27. The van der Waals surface area contributed by atoms with E-state index in [9.17, 15) is 4.79 Å². The molecule has 0 aliphatic heterocycles. The van der Waals surface area contributed by atoms with Crippen LogP contribution in [0.4, 0.5) is 5.69 Å². The van der Waals surface area contributed by atoms with Crippen LogP contribution in [-0.4, -0.2) is 18.2 Å². The minimum Gasteiger partial charge on any atom is -0.325 e. The number of thioether (sulfide) groups is 1. The van der Waals surface area contributed by atoms with Gasteiger partial charge in [-0.25, -0.2) is 0 Å². The lowest BCUT2D eigenvalue weighted by molar-refractivity contribution is -0.118. The van der Waals surface area contributed by atoms with E-state index in [0.29, 0.717) is 0 Å². The molecule has 0 unspecified atom stereocenters. The van der Waals surface area contributed by atoms with Crippen LogP contribution in [0.2, 0.25) is 0 Å². The maximum atomic E-state index is 11.7. The number of nitrogens with one attached hydrogen (secondary N) is 1. The summed E-state index contributed by atoms with van der Waals surface area (Å²) in [7, 11) is 0. The molecule has 0 heterocycles. The van der Waals surface area contributed by atoms with Crippen LogP contribution >= 0.6 is 24.2 Å². The molecular weight excluding hydrogens is 256 g/mol. The molecule has 96 valence electrons. The minimum absolute atomic E-state index is 0. The topological polar surface area (TPSA) is 55.1 Å². The van der Waals surface area contributed by atoms with Gasteiger partial charge in [0.05, 0.1) is 6.04 Å². The van der Waals surface area contributed by atoms with Crippen molar-refractivity contribution in [2.24, 2.45) is 11.7 Å². The van der Waals surface area contributed by atoms with Gasteiger partial charge in [0, 0.05) is 10.6 Å².